The minimum Gasteiger partial charge on any atom is -0.350 e. The van der Waals surface area contributed by atoms with Crippen molar-refractivity contribution in [1.82, 2.24) is 10.2 Å². The second-order valence-corrected chi connectivity index (χ2v) is 5.56. The van der Waals surface area contributed by atoms with Crippen LogP contribution in [0.1, 0.15) is 42.1 Å². The summed E-state index contributed by atoms with van der Waals surface area (Å²) < 4.78 is 0. The Hall–Kier alpha value is -1.39. The summed E-state index contributed by atoms with van der Waals surface area (Å²) in [4.78, 5) is 14.5. The molecule has 0 bridgehead atoms. The first kappa shape index (κ1) is 15.0. The second kappa shape index (κ2) is 7.41. The fourth-order valence-corrected chi connectivity index (χ4v) is 2.62. The van der Waals surface area contributed by atoms with Gasteiger partial charge in [-0.15, -0.1) is 0 Å². The molecule has 1 amide bonds. The topological polar surface area (TPSA) is 58.4 Å². The van der Waals surface area contributed by atoms with Crippen LogP contribution in [0.2, 0.25) is 0 Å². The molecule has 2 rings (SSSR count). The Balaban J connectivity index is 1.81. The van der Waals surface area contributed by atoms with Crippen LogP contribution in [-0.4, -0.2) is 36.5 Å². The summed E-state index contributed by atoms with van der Waals surface area (Å²) in [5, 5.41) is 3.02. The molecule has 0 spiro atoms. The Morgan fingerprint density at radius 2 is 1.90 bits per heavy atom. The predicted octanol–water partition coefficient (Wildman–Crippen LogP) is 1.75. The Morgan fingerprint density at radius 3 is 2.50 bits per heavy atom. The molecule has 0 saturated carbocycles. The number of nitrogens with two attached hydrogens (primary N) is 1. The fourth-order valence-electron chi connectivity index (χ4n) is 2.62. The highest BCUT2D eigenvalue weighted by molar-refractivity contribution is 5.94. The van der Waals surface area contributed by atoms with Crippen LogP contribution in [0.25, 0.3) is 0 Å². The van der Waals surface area contributed by atoms with Gasteiger partial charge in [-0.25, -0.2) is 0 Å². The third-order valence-electron chi connectivity index (χ3n) is 4.02. The number of nitrogens with zero attached hydrogens (tertiary/aromatic N) is 1. The predicted molar refractivity (Wildman–Crippen MR) is 81.6 cm³/mol. The van der Waals surface area contributed by atoms with E-state index in [0.29, 0.717) is 24.7 Å². The number of carbonyl (C=O) groups excluding carboxylic acids is 1. The van der Waals surface area contributed by atoms with Crippen LogP contribution in [0, 0.1) is 0 Å². The zero-order valence-corrected chi connectivity index (χ0v) is 12.3. The standard InChI is InChI=1S/C16H25N3O/c1-13(19-9-3-2-4-10-19)12-18-16(20)15-7-5-14(11-17)6-8-15/h5-8,13H,2-4,9-12,17H2,1H3,(H,18,20). The van der Waals surface area contributed by atoms with Gasteiger partial charge in [0.25, 0.3) is 5.91 Å². The van der Waals surface area contributed by atoms with E-state index in [1.54, 1.807) is 0 Å². The average molecular weight is 275 g/mol. The smallest absolute Gasteiger partial charge is 0.251 e. The molecule has 0 aromatic heterocycles. The lowest BCUT2D eigenvalue weighted by Crippen LogP contribution is -2.44. The molecule has 4 nitrogen and oxygen atoms in total. The number of hydrogen-bond donors (Lipinski definition) is 2. The van der Waals surface area contributed by atoms with Gasteiger partial charge < -0.3 is 11.1 Å². The van der Waals surface area contributed by atoms with E-state index in [-0.39, 0.29) is 5.91 Å². The van der Waals surface area contributed by atoms with Crippen molar-refractivity contribution in [2.24, 2.45) is 5.73 Å². The van der Waals surface area contributed by atoms with Gasteiger partial charge in [0.15, 0.2) is 0 Å². The lowest BCUT2D eigenvalue weighted by Gasteiger charge is -2.32. The Labute approximate surface area is 121 Å². The van der Waals surface area contributed by atoms with Crippen molar-refractivity contribution in [3.05, 3.63) is 35.4 Å². The van der Waals surface area contributed by atoms with E-state index in [2.05, 4.69) is 17.1 Å². The van der Waals surface area contributed by atoms with Gasteiger partial charge >= 0.3 is 0 Å². The quantitative estimate of drug-likeness (QED) is 0.860. The van der Waals surface area contributed by atoms with Gasteiger partial charge in [-0.1, -0.05) is 18.6 Å². The van der Waals surface area contributed by atoms with Crippen LogP contribution in [0.5, 0.6) is 0 Å². The molecule has 0 aliphatic carbocycles. The van der Waals surface area contributed by atoms with E-state index in [9.17, 15) is 4.79 Å². The molecule has 1 aromatic rings. The van der Waals surface area contributed by atoms with Crippen molar-refractivity contribution in [3.8, 4) is 0 Å². The van der Waals surface area contributed by atoms with Crippen LogP contribution in [0.3, 0.4) is 0 Å². The molecular formula is C16H25N3O. The maximum absolute atomic E-state index is 12.1. The molecule has 1 aliphatic heterocycles. The van der Waals surface area contributed by atoms with Crippen molar-refractivity contribution in [3.63, 3.8) is 0 Å². The highest BCUT2D eigenvalue weighted by Gasteiger charge is 2.17. The number of likely N-dealkylation sites (tertiary alicyclic amines) is 1. The Kier molecular flexibility index (Phi) is 5.56. The molecule has 1 saturated heterocycles. The average Bonchev–Trinajstić information content (AvgIpc) is 2.53. The normalized spacial score (nSPS) is 17.7. The zero-order valence-electron chi connectivity index (χ0n) is 12.3. The fraction of sp³-hybridized carbons (Fsp3) is 0.562. The SMILES string of the molecule is CC(CNC(=O)c1ccc(CN)cc1)N1CCCCC1. The van der Waals surface area contributed by atoms with Crippen molar-refractivity contribution in [2.75, 3.05) is 19.6 Å². The Morgan fingerprint density at radius 1 is 1.25 bits per heavy atom. The van der Waals surface area contributed by atoms with Crippen molar-refractivity contribution in [2.45, 2.75) is 38.8 Å². The Bertz CT molecular complexity index is 424. The molecule has 3 N–H and O–H groups in total. The number of rotatable bonds is 5. The van der Waals surface area contributed by atoms with Crippen LogP contribution in [0.4, 0.5) is 0 Å². The maximum Gasteiger partial charge on any atom is 0.251 e. The van der Waals surface area contributed by atoms with Crippen molar-refractivity contribution >= 4 is 5.91 Å². The van der Waals surface area contributed by atoms with Gasteiger partial charge in [0.2, 0.25) is 0 Å². The minimum absolute atomic E-state index is 0.00238. The van der Waals surface area contributed by atoms with Gasteiger partial charge in [-0.3, -0.25) is 9.69 Å². The molecule has 20 heavy (non-hydrogen) atoms. The van der Waals surface area contributed by atoms with Gasteiger partial charge in [0, 0.05) is 24.7 Å². The summed E-state index contributed by atoms with van der Waals surface area (Å²) in [6, 6.07) is 7.89. The first-order valence-electron chi connectivity index (χ1n) is 7.52. The summed E-state index contributed by atoms with van der Waals surface area (Å²) in [5.41, 5.74) is 7.30. The van der Waals surface area contributed by atoms with Crippen molar-refractivity contribution in [1.29, 1.82) is 0 Å². The highest BCUT2D eigenvalue weighted by atomic mass is 16.1. The van der Waals surface area contributed by atoms with Crippen LogP contribution in [-0.2, 0) is 6.54 Å². The largest absolute Gasteiger partial charge is 0.350 e. The molecule has 110 valence electrons. The number of carbonyl (C=O) groups is 1. The molecule has 0 radical (unpaired) electrons. The summed E-state index contributed by atoms with van der Waals surface area (Å²) in [6.07, 6.45) is 3.89. The number of nitrogens with one attached hydrogen (secondary N) is 1. The third-order valence-corrected chi connectivity index (χ3v) is 4.02. The molecule has 1 aromatic carbocycles. The third kappa shape index (κ3) is 4.05. The van der Waals surface area contributed by atoms with Gasteiger partial charge in [-0.2, -0.15) is 0 Å². The van der Waals surface area contributed by atoms with Gasteiger partial charge in [0.1, 0.15) is 0 Å². The number of hydrogen-bond acceptors (Lipinski definition) is 3. The molecular weight excluding hydrogens is 250 g/mol. The van der Waals surface area contributed by atoms with E-state index < -0.39 is 0 Å². The van der Waals surface area contributed by atoms with E-state index in [4.69, 9.17) is 5.73 Å². The monoisotopic (exact) mass is 275 g/mol. The minimum atomic E-state index is -0.00238. The molecule has 1 aliphatic rings. The van der Waals surface area contributed by atoms with Crippen LogP contribution >= 0.6 is 0 Å². The van der Waals surface area contributed by atoms with Crippen molar-refractivity contribution < 1.29 is 4.79 Å². The molecule has 1 heterocycles. The summed E-state index contributed by atoms with van der Waals surface area (Å²) in [5.74, 6) is -0.00238. The lowest BCUT2D eigenvalue weighted by molar-refractivity contribution is 0.0930. The first-order chi connectivity index (χ1) is 9.70. The maximum atomic E-state index is 12.1. The summed E-state index contributed by atoms with van der Waals surface area (Å²) in [7, 11) is 0. The molecule has 1 atom stereocenters. The second-order valence-electron chi connectivity index (χ2n) is 5.56. The molecule has 1 fully saturated rings. The summed E-state index contributed by atoms with van der Waals surface area (Å²) >= 11 is 0. The van der Waals surface area contributed by atoms with E-state index >= 15 is 0 Å². The van der Waals surface area contributed by atoms with Crippen LogP contribution in [0.15, 0.2) is 24.3 Å². The highest BCUT2D eigenvalue weighted by Crippen LogP contribution is 2.11. The number of piperidine rings is 1. The van der Waals surface area contributed by atoms with Crippen LogP contribution < -0.4 is 11.1 Å². The first-order valence-corrected chi connectivity index (χ1v) is 7.52. The lowest BCUT2D eigenvalue weighted by atomic mass is 10.1. The number of benzene rings is 1. The molecule has 4 heteroatoms. The zero-order chi connectivity index (χ0) is 14.4. The van der Waals surface area contributed by atoms with E-state index in [0.717, 1.165) is 18.7 Å². The number of amides is 1. The van der Waals surface area contributed by atoms with Gasteiger partial charge in [0.05, 0.1) is 0 Å². The summed E-state index contributed by atoms with van der Waals surface area (Å²) in [6.45, 7) is 5.71. The molecule has 1 unspecified atom stereocenters. The van der Waals surface area contributed by atoms with E-state index in [1.165, 1.54) is 19.3 Å². The van der Waals surface area contributed by atoms with E-state index in [1.807, 2.05) is 24.3 Å². The van der Waals surface area contributed by atoms with Gasteiger partial charge in [-0.05, 0) is 50.6 Å².